The topological polar surface area (TPSA) is 0 Å². The van der Waals surface area contributed by atoms with E-state index < -0.39 is 0 Å². The van der Waals surface area contributed by atoms with E-state index in [0.717, 1.165) is 6.42 Å². The van der Waals surface area contributed by atoms with Crippen molar-refractivity contribution in [3.63, 3.8) is 0 Å². The number of benzene rings is 1. The fourth-order valence-electron chi connectivity index (χ4n) is 1.85. The van der Waals surface area contributed by atoms with Crippen molar-refractivity contribution < 1.29 is 0 Å². The van der Waals surface area contributed by atoms with Crippen LogP contribution >= 0.6 is 0 Å². The fourth-order valence-corrected chi connectivity index (χ4v) is 1.85. The second-order valence-electron chi connectivity index (χ2n) is 4.56. The average molecular weight is 214 g/mol. The molecule has 0 unspecified atom stereocenters. The Balaban J connectivity index is 3.07. The molecule has 0 spiro atoms. The van der Waals surface area contributed by atoms with E-state index >= 15 is 0 Å². The molecule has 1 aromatic carbocycles. The molecule has 0 heteroatoms. The molecule has 0 bridgehead atoms. The van der Waals surface area contributed by atoms with Crippen LogP contribution in [0.2, 0.25) is 0 Å². The van der Waals surface area contributed by atoms with Crippen molar-refractivity contribution in [1.29, 1.82) is 0 Å². The molecular weight excluding hydrogens is 192 g/mol. The highest BCUT2D eigenvalue weighted by atomic mass is 14.1. The lowest BCUT2D eigenvalue weighted by atomic mass is 9.98. The third kappa shape index (κ3) is 3.37. The van der Waals surface area contributed by atoms with E-state index in [-0.39, 0.29) is 0 Å². The molecule has 0 radical (unpaired) electrons. The average Bonchev–Trinajstić information content (AvgIpc) is 2.20. The number of hydrogen-bond acceptors (Lipinski definition) is 0. The Hall–Kier alpha value is -1.30. The van der Waals surface area contributed by atoms with Gasteiger partial charge in [0.1, 0.15) is 0 Å². The monoisotopic (exact) mass is 214 g/mol. The number of aryl methyl sites for hydroxylation is 2. The number of allylic oxidation sites excluding steroid dienone is 2. The maximum absolute atomic E-state index is 4.05. The van der Waals surface area contributed by atoms with Crippen LogP contribution in [0.15, 0.2) is 35.9 Å². The summed E-state index contributed by atoms with van der Waals surface area (Å²) in [7, 11) is 0. The van der Waals surface area contributed by atoms with Crippen molar-refractivity contribution in [2.24, 2.45) is 0 Å². The lowest BCUT2D eigenvalue weighted by Gasteiger charge is -2.08. The number of hydrogen-bond donors (Lipinski definition) is 0. The van der Waals surface area contributed by atoms with Gasteiger partial charge >= 0.3 is 0 Å². The summed E-state index contributed by atoms with van der Waals surface area (Å²) >= 11 is 0. The van der Waals surface area contributed by atoms with E-state index in [0.29, 0.717) is 0 Å². The molecule has 86 valence electrons. The van der Waals surface area contributed by atoms with Gasteiger partial charge in [0.2, 0.25) is 0 Å². The summed E-state index contributed by atoms with van der Waals surface area (Å²) in [4.78, 5) is 0. The quantitative estimate of drug-likeness (QED) is 0.614. The molecular formula is C16H22. The van der Waals surface area contributed by atoms with Gasteiger partial charge in [0.15, 0.2) is 0 Å². The van der Waals surface area contributed by atoms with Crippen LogP contribution in [0.1, 0.15) is 43.4 Å². The Bertz CT molecular complexity index is 408. The van der Waals surface area contributed by atoms with Gasteiger partial charge in [0, 0.05) is 0 Å². The molecule has 0 saturated heterocycles. The molecule has 0 aliphatic rings. The van der Waals surface area contributed by atoms with E-state index in [1.54, 1.807) is 0 Å². The van der Waals surface area contributed by atoms with Crippen molar-refractivity contribution >= 4 is 6.08 Å². The molecule has 0 aliphatic carbocycles. The Morgan fingerprint density at radius 1 is 1.31 bits per heavy atom. The molecule has 0 N–H and O–H groups in total. The summed E-state index contributed by atoms with van der Waals surface area (Å²) < 4.78 is 0. The molecule has 0 aliphatic heterocycles. The molecule has 0 heterocycles. The highest BCUT2D eigenvalue weighted by Gasteiger charge is 2.00. The Kier molecular flexibility index (Phi) is 4.54. The van der Waals surface area contributed by atoms with Crippen molar-refractivity contribution in [3.05, 3.63) is 52.6 Å². The van der Waals surface area contributed by atoms with Gasteiger partial charge in [-0.1, -0.05) is 55.3 Å². The van der Waals surface area contributed by atoms with Gasteiger partial charge in [-0.25, -0.2) is 0 Å². The van der Waals surface area contributed by atoms with Gasteiger partial charge < -0.3 is 0 Å². The lowest BCUT2D eigenvalue weighted by molar-refractivity contribution is 0.918. The van der Waals surface area contributed by atoms with Crippen LogP contribution in [0.4, 0.5) is 0 Å². The maximum Gasteiger partial charge on any atom is -0.0224 e. The minimum absolute atomic E-state index is 1.11. The zero-order valence-electron chi connectivity index (χ0n) is 10.9. The highest BCUT2D eigenvalue weighted by Crippen LogP contribution is 2.20. The van der Waals surface area contributed by atoms with E-state index in [1.807, 2.05) is 0 Å². The second-order valence-corrected chi connectivity index (χ2v) is 4.56. The first-order valence-corrected chi connectivity index (χ1v) is 5.98. The van der Waals surface area contributed by atoms with Gasteiger partial charge in [-0.3, -0.25) is 0 Å². The van der Waals surface area contributed by atoms with E-state index in [1.165, 1.54) is 34.3 Å². The lowest BCUT2D eigenvalue weighted by Crippen LogP contribution is -1.88. The SMILES string of the molecule is C=C(C)/C(=C\c1ccc(C)cc1C)CCC. The second kappa shape index (κ2) is 5.69. The first-order valence-electron chi connectivity index (χ1n) is 5.98. The Morgan fingerprint density at radius 3 is 2.50 bits per heavy atom. The zero-order valence-corrected chi connectivity index (χ0v) is 10.9. The molecule has 1 aromatic rings. The van der Waals surface area contributed by atoms with Gasteiger partial charge in [0.05, 0.1) is 0 Å². The first kappa shape index (κ1) is 12.8. The third-order valence-electron chi connectivity index (χ3n) is 2.82. The predicted molar refractivity (Wildman–Crippen MR) is 73.6 cm³/mol. The van der Waals surface area contributed by atoms with E-state index in [9.17, 15) is 0 Å². The molecule has 16 heavy (non-hydrogen) atoms. The Morgan fingerprint density at radius 2 is 2.00 bits per heavy atom. The summed E-state index contributed by atoms with van der Waals surface area (Å²) in [6, 6.07) is 6.60. The zero-order chi connectivity index (χ0) is 12.1. The van der Waals surface area contributed by atoms with E-state index in [2.05, 4.69) is 58.5 Å². The third-order valence-corrected chi connectivity index (χ3v) is 2.82. The van der Waals surface area contributed by atoms with Crippen LogP contribution < -0.4 is 0 Å². The number of rotatable bonds is 4. The van der Waals surface area contributed by atoms with Crippen molar-refractivity contribution in [1.82, 2.24) is 0 Å². The summed E-state index contributed by atoms with van der Waals surface area (Å²) in [5.41, 5.74) is 6.53. The fraction of sp³-hybridized carbons (Fsp3) is 0.375. The van der Waals surface area contributed by atoms with Gasteiger partial charge in [0.25, 0.3) is 0 Å². The summed E-state index contributed by atoms with van der Waals surface area (Å²) in [6.45, 7) is 12.6. The van der Waals surface area contributed by atoms with Crippen molar-refractivity contribution in [2.45, 2.75) is 40.5 Å². The molecule has 0 aromatic heterocycles. The molecule has 1 rings (SSSR count). The van der Waals surface area contributed by atoms with Gasteiger partial charge in [-0.15, -0.1) is 0 Å². The molecule has 0 nitrogen and oxygen atoms in total. The Labute approximate surface area is 99.7 Å². The van der Waals surface area contributed by atoms with E-state index in [4.69, 9.17) is 0 Å². The van der Waals surface area contributed by atoms with Crippen LogP contribution in [0.25, 0.3) is 6.08 Å². The normalized spacial score (nSPS) is 11.6. The van der Waals surface area contributed by atoms with Gasteiger partial charge in [-0.05, 0) is 43.9 Å². The molecule has 0 saturated carbocycles. The van der Waals surface area contributed by atoms with Crippen LogP contribution in [0.5, 0.6) is 0 Å². The predicted octanol–water partition coefficient (Wildman–Crippen LogP) is 5.06. The maximum atomic E-state index is 4.05. The van der Waals surface area contributed by atoms with Crippen molar-refractivity contribution in [2.75, 3.05) is 0 Å². The first-order chi connectivity index (χ1) is 7.54. The highest BCUT2D eigenvalue weighted by molar-refractivity contribution is 5.60. The minimum Gasteiger partial charge on any atom is -0.0958 e. The largest absolute Gasteiger partial charge is 0.0958 e. The minimum atomic E-state index is 1.11. The van der Waals surface area contributed by atoms with Crippen LogP contribution in [0, 0.1) is 13.8 Å². The standard InChI is InChI=1S/C16H22/c1-6-7-15(12(2)3)11-16-9-8-13(4)10-14(16)5/h8-11H,2,6-7H2,1,3-5H3/b15-11-. The van der Waals surface area contributed by atoms with Crippen LogP contribution in [-0.2, 0) is 0 Å². The summed E-state index contributed by atoms with van der Waals surface area (Å²) in [6.07, 6.45) is 4.56. The summed E-state index contributed by atoms with van der Waals surface area (Å²) in [5.74, 6) is 0. The smallest absolute Gasteiger partial charge is 0.0224 e. The molecule has 0 amide bonds. The van der Waals surface area contributed by atoms with Crippen molar-refractivity contribution in [3.8, 4) is 0 Å². The van der Waals surface area contributed by atoms with Crippen LogP contribution in [-0.4, -0.2) is 0 Å². The van der Waals surface area contributed by atoms with Gasteiger partial charge in [-0.2, -0.15) is 0 Å². The molecule has 0 atom stereocenters. The summed E-state index contributed by atoms with van der Waals surface area (Å²) in [5, 5.41) is 0. The van der Waals surface area contributed by atoms with Crippen LogP contribution in [0.3, 0.4) is 0 Å². The molecule has 0 fully saturated rings.